The van der Waals surface area contributed by atoms with Crippen molar-refractivity contribution in [1.29, 1.82) is 0 Å². The lowest BCUT2D eigenvalue weighted by Gasteiger charge is -2.19. The highest BCUT2D eigenvalue weighted by Gasteiger charge is 2.08. The zero-order chi connectivity index (χ0) is 12.9. The van der Waals surface area contributed by atoms with Gasteiger partial charge in [0.1, 0.15) is 0 Å². The number of ether oxygens (including phenoxy) is 2. The molecule has 0 aliphatic heterocycles. The van der Waals surface area contributed by atoms with Gasteiger partial charge < -0.3 is 14.8 Å². The van der Waals surface area contributed by atoms with Crippen molar-refractivity contribution in [3.8, 4) is 0 Å². The summed E-state index contributed by atoms with van der Waals surface area (Å²) in [5.74, 6) is 0. The molecule has 0 aromatic rings. The van der Waals surface area contributed by atoms with E-state index in [0.717, 1.165) is 6.54 Å². The summed E-state index contributed by atoms with van der Waals surface area (Å²) in [6.07, 6.45) is 8.20. The number of nitrogens with one attached hydrogen (secondary N) is 1. The van der Waals surface area contributed by atoms with Crippen LogP contribution >= 0.6 is 0 Å². The first kappa shape index (κ1) is 16.9. The van der Waals surface area contributed by atoms with Gasteiger partial charge in [0.2, 0.25) is 0 Å². The van der Waals surface area contributed by atoms with Crippen molar-refractivity contribution in [3.63, 3.8) is 0 Å². The smallest absolute Gasteiger partial charge is 0.0928 e. The summed E-state index contributed by atoms with van der Waals surface area (Å²) in [4.78, 5) is 0. The molecule has 3 nitrogen and oxygen atoms in total. The standard InChI is InChI=1S/C14H31NO2/c1-5-6-7-8-9-10-13(2)15-11-14(17-4)12-16-3/h13-15H,5-12H2,1-4H3. The van der Waals surface area contributed by atoms with Crippen LogP contribution in [-0.4, -0.2) is 39.5 Å². The Morgan fingerprint density at radius 3 is 2.35 bits per heavy atom. The Kier molecular flexibility index (Phi) is 12.3. The van der Waals surface area contributed by atoms with E-state index < -0.39 is 0 Å². The SMILES string of the molecule is CCCCCCCC(C)NCC(COC)OC. The minimum Gasteiger partial charge on any atom is -0.382 e. The monoisotopic (exact) mass is 245 g/mol. The van der Waals surface area contributed by atoms with Crippen molar-refractivity contribution in [2.75, 3.05) is 27.4 Å². The van der Waals surface area contributed by atoms with Gasteiger partial charge in [-0.2, -0.15) is 0 Å². The number of unbranched alkanes of at least 4 members (excludes halogenated alkanes) is 4. The second kappa shape index (κ2) is 12.3. The van der Waals surface area contributed by atoms with Gasteiger partial charge in [-0.3, -0.25) is 0 Å². The Balaban J connectivity index is 3.40. The molecule has 0 rings (SSSR count). The van der Waals surface area contributed by atoms with Gasteiger partial charge in [-0.25, -0.2) is 0 Å². The third-order valence-corrected chi connectivity index (χ3v) is 3.12. The Hall–Kier alpha value is -0.120. The normalized spacial score (nSPS) is 14.8. The molecule has 0 amide bonds. The summed E-state index contributed by atoms with van der Waals surface area (Å²) < 4.78 is 10.4. The van der Waals surface area contributed by atoms with Crippen LogP contribution in [0, 0.1) is 0 Å². The van der Waals surface area contributed by atoms with E-state index in [2.05, 4.69) is 19.2 Å². The molecule has 0 radical (unpaired) electrons. The maximum absolute atomic E-state index is 5.31. The average molecular weight is 245 g/mol. The van der Waals surface area contributed by atoms with Crippen molar-refractivity contribution in [2.24, 2.45) is 0 Å². The number of hydrogen-bond donors (Lipinski definition) is 1. The van der Waals surface area contributed by atoms with E-state index in [4.69, 9.17) is 9.47 Å². The molecule has 0 aromatic heterocycles. The van der Waals surface area contributed by atoms with Crippen molar-refractivity contribution >= 4 is 0 Å². The average Bonchev–Trinajstić information content (AvgIpc) is 2.34. The van der Waals surface area contributed by atoms with Crippen molar-refractivity contribution in [1.82, 2.24) is 5.32 Å². The van der Waals surface area contributed by atoms with E-state index >= 15 is 0 Å². The van der Waals surface area contributed by atoms with Crippen LogP contribution in [0.1, 0.15) is 52.4 Å². The van der Waals surface area contributed by atoms with E-state index in [0.29, 0.717) is 12.6 Å². The van der Waals surface area contributed by atoms with Crippen LogP contribution < -0.4 is 5.32 Å². The fourth-order valence-corrected chi connectivity index (χ4v) is 1.88. The highest BCUT2D eigenvalue weighted by Crippen LogP contribution is 2.07. The first-order chi connectivity index (χ1) is 8.24. The third-order valence-electron chi connectivity index (χ3n) is 3.12. The van der Waals surface area contributed by atoms with E-state index in [1.54, 1.807) is 14.2 Å². The summed E-state index contributed by atoms with van der Waals surface area (Å²) in [5.41, 5.74) is 0. The molecule has 0 fully saturated rings. The van der Waals surface area contributed by atoms with Crippen LogP contribution in [0.15, 0.2) is 0 Å². The fourth-order valence-electron chi connectivity index (χ4n) is 1.88. The second-order valence-electron chi connectivity index (χ2n) is 4.83. The van der Waals surface area contributed by atoms with Crippen LogP contribution in [0.5, 0.6) is 0 Å². The molecule has 0 spiro atoms. The van der Waals surface area contributed by atoms with E-state index in [1.807, 2.05) is 0 Å². The van der Waals surface area contributed by atoms with E-state index in [9.17, 15) is 0 Å². The molecule has 0 saturated carbocycles. The fraction of sp³-hybridized carbons (Fsp3) is 1.00. The summed E-state index contributed by atoms with van der Waals surface area (Å²) in [7, 11) is 3.45. The number of methoxy groups -OCH3 is 2. The van der Waals surface area contributed by atoms with Gasteiger partial charge in [-0.05, 0) is 13.3 Å². The van der Waals surface area contributed by atoms with Gasteiger partial charge in [0.15, 0.2) is 0 Å². The van der Waals surface area contributed by atoms with Gasteiger partial charge in [-0.1, -0.05) is 39.0 Å². The van der Waals surface area contributed by atoms with Crippen LogP contribution in [0.4, 0.5) is 0 Å². The maximum Gasteiger partial charge on any atom is 0.0928 e. The quantitative estimate of drug-likeness (QED) is 0.536. The number of hydrogen-bond acceptors (Lipinski definition) is 3. The zero-order valence-electron chi connectivity index (χ0n) is 12.1. The van der Waals surface area contributed by atoms with Gasteiger partial charge in [0.05, 0.1) is 12.7 Å². The second-order valence-corrected chi connectivity index (χ2v) is 4.83. The summed E-state index contributed by atoms with van der Waals surface area (Å²) in [6.45, 7) is 6.04. The first-order valence-electron chi connectivity index (χ1n) is 6.99. The van der Waals surface area contributed by atoms with Gasteiger partial charge in [0.25, 0.3) is 0 Å². The lowest BCUT2D eigenvalue weighted by molar-refractivity contribution is 0.0275. The molecule has 0 saturated heterocycles. The molecule has 0 heterocycles. The molecule has 2 unspecified atom stereocenters. The first-order valence-corrected chi connectivity index (χ1v) is 6.99. The number of rotatable bonds is 12. The van der Waals surface area contributed by atoms with Gasteiger partial charge >= 0.3 is 0 Å². The lowest BCUT2D eigenvalue weighted by Crippen LogP contribution is -2.36. The predicted octanol–water partition coefficient (Wildman–Crippen LogP) is 2.99. The van der Waals surface area contributed by atoms with Gasteiger partial charge in [0, 0.05) is 26.8 Å². The van der Waals surface area contributed by atoms with Crippen LogP contribution in [0.3, 0.4) is 0 Å². The predicted molar refractivity (Wildman–Crippen MR) is 73.5 cm³/mol. The Morgan fingerprint density at radius 2 is 1.76 bits per heavy atom. The molecule has 3 heteroatoms. The van der Waals surface area contributed by atoms with Crippen molar-refractivity contribution in [3.05, 3.63) is 0 Å². The topological polar surface area (TPSA) is 30.5 Å². The maximum atomic E-state index is 5.31. The molecule has 0 aliphatic rings. The highest BCUT2D eigenvalue weighted by atomic mass is 16.5. The van der Waals surface area contributed by atoms with E-state index in [-0.39, 0.29) is 6.10 Å². The van der Waals surface area contributed by atoms with Crippen molar-refractivity contribution < 1.29 is 9.47 Å². The highest BCUT2D eigenvalue weighted by molar-refractivity contribution is 4.66. The molecule has 104 valence electrons. The molecule has 0 aliphatic carbocycles. The van der Waals surface area contributed by atoms with Crippen LogP contribution in [-0.2, 0) is 9.47 Å². The van der Waals surface area contributed by atoms with Crippen molar-refractivity contribution in [2.45, 2.75) is 64.5 Å². The molecule has 2 atom stereocenters. The van der Waals surface area contributed by atoms with Gasteiger partial charge in [-0.15, -0.1) is 0 Å². The minimum atomic E-state index is 0.169. The molecule has 1 N–H and O–H groups in total. The lowest BCUT2D eigenvalue weighted by atomic mass is 10.1. The molecule has 17 heavy (non-hydrogen) atoms. The summed E-state index contributed by atoms with van der Waals surface area (Å²) in [5, 5.41) is 3.50. The minimum absolute atomic E-state index is 0.169. The largest absolute Gasteiger partial charge is 0.382 e. The Labute approximate surface area is 107 Å². The Morgan fingerprint density at radius 1 is 1.06 bits per heavy atom. The molecule has 0 bridgehead atoms. The Bertz CT molecular complexity index is 153. The zero-order valence-corrected chi connectivity index (χ0v) is 12.1. The van der Waals surface area contributed by atoms with Crippen LogP contribution in [0.25, 0.3) is 0 Å². The molecule has 0 aromatic carbocycles. The van der Waals surface area contributed by atoms with Crippen LogP contribution in [0.2, 0.25) is 0 Å². The summed E-state index contributed by atoms with van der Waals surface area (Å²) >= 11 is 0. The third kappa shape index (κ3) is 10.7. The molecular weight excluding hydrogens is 214 g/mol. The van der Waals surface area contributed by atoms with E-state index in [1.165, 1.54) is 38.5 Å². The summed E-state index contributed by atoms with van der Waals surface area (Å²) in [6, 6.07) is 0.575. The molecular formula is C14H31NO2.